The number of hydrogen-bond donors (Lipinski definition) is 1. The van der Waals surface area contributed by atoms with Crippen LogP contribution in [-0.4, -0.2) is 53.8 Å². The second-order valence-electron chi connectivity index (χ2n) is 3.85. The molecule has 15 heavy (non-hydrogen) atoms. The van der Waals surface area contributed by atoms with Crippen molar-refractivity contribution < 1.29 is 9.59 Å². The highest BCUT2D eigenvalue weighted by Gasteiger charge is 2.25. The third-order valence-corrected chi connectivity index (χ3v) is 2.93. The van der Waals surface area contributed by atoms with Gasteiger partial charge in [-0.2, -0.15) is 0 Å². The molecule has 0 bridgehead atoms. The monoisotopic (exact) mass is 213 g/mol. The fourth-order valence-corrected chi connectivity index (χ4v) is 1.76. The van der Waals surface area contributed by atoms with Crippen LogP contribution in [0.25, 0.3) is 0 Å². The van der Waals surface area contributed by atoms with Crippen molar-refractivity contribution in [3.05, 3.63) is 0 Å². The van der Waals surface area contributed by atoms with E-state index in [1.165, 1.54) is 0 Å². The molecule has 0 saturated carbocycles. The minimum atomic E-state index is -0.301. The second-order valence-corrected chi connectivity index (χ2v) is 3.85. The summed E-state index contributed by atoms with van der Waals surface area (Å²) in [6.07, 6.45) is 0.547. The molecule has 1 aliphatic heterocycles. The quantitative estimate of drug-likeness (QED) is 0.681. The number of piperazine rings is 1. The highest BCUT2D eigenvalue weighted by molar-refractivity contribution is 5.79. The Labute approximate surface area is 90.2 Å². The van der Waals surface area contributed by atoms with Gasteiger partial charge in [0, 0.05) is 32.6 Å². The van der Waals surface area contributed by atoms with Crippen molar-refractivity contribution in [3.8, 4) is 0 Å². The van der Waals surface area contributed by atoms with Crippen LogP contribution in [0, 0.1) is 0 Å². The van der Waals surface area contributed by atoms with Gasteiger partial charge in [-0.05, 0) is 6.92 Å². The Morgan fingerprint density at radius 3 is 2.20 bits per heavy atom. The normalized spacial score (nSPS) is 20.0. The summed E-state index contributed by atoms with van der Waals surface area (Å²) in [4.78, 5) is 26.2. The van der Waals surface area contributed by atoms with Gasteiger partial charge in [-0.25, -0.2) is 0 Å². The first-order valence-electron chi connectivity index (χ1n) is 5.37. The molecule has 1 fully saturated rings. The lowest BCUT2D eigenvalue weighted by atomic mass is 10.2. The molecule has 2 amide bonds. The Bertz CT molecular complexity index is 247. The van der Waals surface area contributed by atoms with Gasteiger partial charge in [-0.15, -0.1) is 0 Å². The predicted molar refractivity (Wildman–Crippen MR) is 57.1 cm³/mol. The number of rotatable bonds is 3. The predicted octanol–water partition coefficient (Wildman–Crippen LogP) is -0.586. The van der Waals surface area contributed by atoms with Crippen LogP contribution >= 0.6 is 0 Å². The zero-order valence-electron chi connectivity index (χ0n) is 9.40. The molecule has 1 atom stereocenters. The van der Waals surface area contributed by atoms with E-state index < -0.39 is 0 Å². The van der Waals surface area contributed by atoms with Crippen molar-refractivity contribution in [2.45, 2.75) is 26.3 Å². The maximum absolute atomic E-state index is 11.4. The molecule has 1 unspecified atom stereocenters. The van der Waals surface area contributed by atoms with E-state index in [0.29, 0.717) is 19.5 Å². The van der Waals surface area contributed by atoms with Crippen molar-refractivity contribution in [3.63, 3.8) is 0 Å². The minimum absolute atomic E-state index is 0.182. The van der Waals surface area contributed by atoms with Gasteiger partial charge in [0.1, 0.15) is 0 Å². The molecular formula is C10H19N3O2. The fraction of sp³-hybridized carbons (Fsp3) is 0.800. The number of nitrogens with zero attached hydrogens (tertiary/aromatic N) is 2. The molecule has 86 valence electrons. The molecule has 0 radical (unpaired) electrons. The van der Waals surface area contributed by atoms with Gasteiger partial charge in [-0.1, -0.05) is 6.92 Å². The average Bonchev–Trinajstić information content (AvgIpc) is 2.27. The largest absolute Gasteiger partial charge is 0.368 e. The van der Waals surface area contributed by atoms with Crippen LogP contribution in [0.2, 0.25) is 0 Å². The van der Waals surface area contributed by atoms with Gasteiger partial charge in [0.15, 0.2) is 0 Å². The van der Waals surface area contributed by atoms with Gasteiger partial charge in [0.2, 0.25) is 11.8 Å². The number of carbonyl (C=O) groups is 2. The van der Waals surface area contributed by atoms with E-state index in [1.807, 2.05) is 16.7 Å². The SMILES string of the molecule is CCC(=O)N1CCN(C(C)C(N)=O)CC1. The summed E-state index contributed by atoms with van der Waals surface area (Å²) in [5, 5.41) is 0. The van der Waals surface area contributed by atoms with Crippen LogP contribution in [0.1, 0.15) is 20.3 Å². The van der Waals surface area contributed by atoms with Crippen molar-refractivity contribution >= 4 is 11.8 Å². The van der Waals surface area contributed by atoms with Gasteiger partial charge >= 0.3 is 0 Å². The lowest BCUT2D eigenvalue weighted by molar-refractivity contribution is -0.133. The van der Waals surface area contributed by atoms with Crippen LogP contribution in [0.5, 0.6) is 0 Å². The molecule has 5 nitrogen and oxygen atoms in total. The van der Waals surface area contributed by atoms with E-state index in [1.54, 1.807) is 6.92 Å². The zero-order valence-corrected chi connectivity index (χ0v) is 9.40. The Kier molecular flexibility index (Phi) is 4.08. The van der Waals surface area contributed by atoms with Crippen LogP contribution in [0.15, 0.2) is 0 Å². The lowest BCUT2D eigenvalue weighted by Crippen LogP contribution is -2.54. The fourth-order valence-electron chi connectivity index (χ4n) is 1.76. The topological polar surface area (TPSA) is 66.6 Å². The number of primary amides is 1. The smallest absolute Gasteiger partial charge is 0.234 e. The summed E-state index contributed by atoms with van der Waals surface area (Å²) in [6.45, 7) is 6.53. The Balaban J connectivity index is 2.42. The third kappa shape index (κ3) is 2.92. The summed E-state index contributed by atoms with van der Waals surface area (Å²) in [5.74, 6) is -0.119. The minimum Gasteiger partial charge on any atom is -0.368 e. The molecule has 2 N–H and O–H groups in total. The number of amides is 2. The van der Waals surface area contributed by atoms with Crippen molar-refractivity contribution in [2.24, 2.45) is 5.73 Å². The highest BCUT2D eigenvalue weighted by Crippen LogP contribution is 2.07. The molecule has 1 saturated heterocycles. The van der Waals surface area contributed by atoms with E-state index in [0.717, 1.165) is 13.1 Å². The summed E-state index contributed by atoms with van der Waals surface area (Å²) in [5.41, 5.74) is 5.23. The second kappa shape index (κ2) is 5.11. The molecule has 0 aromatic carbocycles. The molecule has 0 aromatic rings. The Morgan fingerprint density at radius 1 is 1.27 bits per heavy atom. The molecular weight excluding hydrogens is 194 g/mol. The van der Waals surface area contributed by atoms with Gasteiger partial charge in [-0.3, -0.25) is 14.5 Å². The molecule has 1 aliphatic rings. The molecule has 0 aliphatic carbocycles. The van der Waals surface area contributed by atoms with Crippen LogP contribution in [0.3, 0.4) is 0 Å². The van der Waals surface area contributed by atoms with E-state index in [2.05, 4.69) is 0 Å². The summed E-state index contributed by atoms with van der Waals surface area (Å²) in [7, 11) is 0. The standard InChI is InChI=1S/C10H19N3O2/c1-3-9(14)13-6-4-12(5-7-13)8(2)10(11)15/h8H,3-7H2,1-2H3,(H2,11,15). The molecule has 5 heteroatoms. The molecule has 1 rings (SSSR count). The van der Waals surface area contributed by atoms with Crippen LogP contribution in [-0.2, 0) is 9.59 Å². The average molecular weight is 213 g/mol. The number of nitrogens with two attached hydrogens (primary N) is 1. The highest BCUT2D eigenvalue weighted by atomic mass is 16.2. The first kappa shape index (κ1) is 12.0. The van der Waals surface area contributed by atoms with Gasteiger partial charge in [0.05, 0.1) is 6.04 Å². The number of carbonyl (C=O) groups excluding carboxylic acids is 2. The van der Waals surface area contributed by atoms with Crippen molar-refractivity contribution in [2.75, 3.05) is 26.2 Å². The first-order chi connectivity index (χ1) is 7.06. The maximum atomic E-state index is 11.4. The van der Waals surface area contributed by atoms with E-state index >= 15 is 0 Å². The van der Waals surface area contributed by atoms with Crippen LogP contribution in [0.4, 0.5) is 0 Å². The van der Waals surface area contributed by atoms with E-state index in [4.69, 9.17) is 5.73 Å². The summed E-state index contributed by atoms with van der Waals surface area (Å²) in [6, 6.07) is -0.233. The Morgan fingerprint density at radius 2 is 1.80 bits per heavy atom. The zero-order chi connectivity index (χ0) is 11.4. The van der Waals surface area contributed by atoms with Crippen molar-refractivity contribution in [1.82, 2.24) is 9.80 Å². The molecule has 0 aromatic heterocycles. The molecule has 1 heterocycles. The molecule has 0 spiro atoms. The van der Waals surface area contributed by atoms with Gasteiger partial charge in [0.25, 0.3) is 0 Å². The third-order valence-electron chi connectivity index (χ3n) is 2.93. The first-order valence-corrected chi connectivity index (χ1v) is 5.37. The van der Waals surface area contributed by atoms with E-state index in [9.17, 15) is 9.59 Å². The lowest BCUT2D eigenvalue weighted by Gasteiger charge is -2.36. The van der Waals surface area contributed by atoms with Crippen molar-refractivity contribution in [1.29, 1.82) is 0 Å². The van der Waals surface area contributed by atoms with E-state index in [-0.39, 0.29) is 17.9 Å². The summed E-state index contributed by atoms with van der Waals surface area (Å²) >= 11 is 0. The number of hydrogen-bond acceptors (Lipinski definition) is 3. The Hall–Kier alpha value is -1.10. The van der Waals surface area contributed by atoms with Gasteiger partial charge < -0.3 is 10.6 Å². The van der Waals surface area contributed by atoms with Crippen LogP contribution < -0.4 is 5.73 Å². The maximum Gasteiger partial charge on any atom is 0.234 e. The summed E-state index contributed by atoms with van der Waals surface area (Å²) < 4.78 is 0.